The Balaban J connectivity index is 1.83. The van der Waals surface area contributed by atoms with E-state index in [0.29, 0.717) is 12.2 Å². The topological polar surface area (TPSA) is 103 Å². The van der Waals surface area contributed by atoms with Gasteiger partial charge in [-0.05, 0) is 78.1 Å². The maximum absolute atomic E-state index is 13.0. The van der Waals surface area contributed by atoms with Crippen molar-refractivity contribution in [2.24, 2.45) is 10.7 Å². The number of ether oxygens (including phenoxy) is 2. The quantitative estimate of drug-likeness (QED) is 0.601. The predicted molar refractivity (Wildman–Crippen MR) is 141 cm³/mol. The van der Waals surface area contributed by atoms with Crippen molar-refractivity contribution in [1.29, 1.82) is 0 Å². The molecule has 2 aromatic carbocycles. The molecule has 2 amide bonds. The summed E-state index contributed by atoms with van der Waals surface area (Å²) in [6, 6.07) is 9.46. The molecular weight excluding hydrogens is 454 g/mol. The van der Waals surface area contributed by atoms with Crippen LogP contribution in [0, 0.1) is 0 Å². The number of aliphatic imine (C=N–C) groups is 1. The number of primary amides is 1. The molecule has 0 fully saturated rings. The summed E-state index contributed by atoms with van der Waals surface area (Å²) >= 11 is 0. The summed E-state index contributed by atoms with van der Waals surface area (Å²) < 4.78 is 12.5. The molecule has 3 N–H and O–H groups in total. The average Bonchev–Trinajstić information content (AvgIpc) is 3.10. The van der Waals surface area contributed by atoms with Crippen molar-refractivity contribution in [1.82, 2.24) is 5.32 Å². The summed E-state index contributed by atoms with van der Waals surface area (Å²) in [4.78, 5) is 29.9. The Labute approximate surface area is 213 Å². The fraction of sp³-hybridized carbons (Fsp3) is 0.483. The third kappa shape index (κ3) is 4.97. The van der Waals surface area contributed by atoms with Gasteiger partial charge in [0.15, 0.2) is 11.5 Å². The first-order chi connectivity index (χ1) is 16.7. The van der Waals surface area contributed by atoms with Crippen molar-refractivity contribution in [3.8, 4) is 11.5 Å². The second-order valence-corrected chi connectivity index (χ2v) is 11.6. The molecule has 0 aliphatic carbocycles. The normalized spacial score (nSPS) is 17.4. The van der Waals surface area contributed by atoms with Crippen molar-refractivity contribution < 1.29 is 19.1 Å². The third-order valence-corrected chi connectivity index (χ3v) is 6.58. The van der Waals surface area contributed by atoms with Gasteiger partial charge in [-0.3, -0.25) is 14.6 Å². The summed E-state index contributed by atoms with van der Waals surface area (Å²) in [7, 11) is 0. The number of fused-ring (bicyclic) bond motifs is 3. The molecule has 0 aromatic heterocycles. The molecule has 7 heteroatoms. The van der Waals surface area contributed by atoms with Crippen LogP contribution < -0.4 is 20.5 Å². The van der Waals surface area contributed by atoms with Gasteiger partial charge in [0.1, 0.15) is 11.1 Å². The highest BCUT2D eigenvalue weighted by atomic mass is 16.5. The maximum atomic E-state index is 13.0. The molecule has 192 valence electrons. The Hall–Kier alpha value is -3.35. The lowest BCUT2D eigenvalue weighted by atomic mass is 9.80. The maximum Gasteiger partial charge on any atom is 0.252 e. The molecule has 7 nitrogen and oxygen atoms in total. The van der Waals surface area contributed by atoms with Crippen LogP contribution in [0.2, 0.25) is 0 Å². The smallest absolute Gasteiger partial charge is 0.252 e. The lowest BCUT2D eigenvalue weighted by Gasteiger charge is -2.31. The summed E-state index contributed by atoms with van der Waals surface area (Å²) in [6.45, 7) is 14.3. The van der Waals surface area contributed by atoms with Crippen LogP contribution in [-0.4, -0.2) is 40.8 Å². The van der Waals surface area contributed by atoms with Gasteiger partial charge in [0, 0.05) is 28.7 Å². The van der Waals surface area contributed by atoms with Crippen LogP contribution in [0.4, 0.5) is 0 Å². The largest absolute Gasteiger partial charge is 0.490 e. The first kappa shape index (κ1) is 25.7. The minimum atomic E-state index is -1.16. The molecule has 0 atom stereocenters. The summed E-state index contributed by atoms with van der Waals surface area (Å²) in [5, 5.41) is 2.73. The molecule has 0 saturated carbocycles. The lowest BCUT2D eigenvalue weighted by molar-refractivity contribution is -0.122. The summed E-state index contributed by atoms with van der Waals surface area (Å²) in [5.41, 5.74) is 9.03. The van der Waals surface area contributed by atoms with E-state index < -0.39 is 11.4 Å². The van der Waals surface area contributed by atoms with Gasteiger partial charge in [0.2, 0.25) is 5.91 Å². The zero-order valence-corrected chi connectivity index (χ0v) is 22.4. The van der Waals surface area contributed by atoms with E-state index in [0.717, 1.165) is 53.2 Å². The van der Waals surface area contributed by atoms with Crippen molar-refractivity contribution >= 4 is 17.5 Å². The first-order valence-corrected chi connectivity index (χ1v) is 12.6. The Kier molecular flexibility index (Phi) is 6.40. The van der Waals surface area contributed by atoms with Crippen LogP contribution in [0.5, 0.6) is 11.5 Å². The monoisotopic (exact) mass is 491 g/mol. The molecule has 0 radical (unpaired) electrons. The SMILES string of the molecule is CCCOc1cc2c(c3c1OC(C)(C)C3)C(c1cccc(C(=O)NC(C)(C)C(N)=O)c1)=NC(C)(C)C2. The van der Waals surface area contributed by atoms with Gasteiger partial charge in [-0.2, -0.15) is 0 Å². The van der Waals surface area contributed by atoms with Gasteiger partial charge in [-0.25, -0.2) is 0 Å². The highest BCUT2D eigenvalue weighted by Gasteiger charge is 2.40. The van der Waals surface area contributed by atoms with E-state index >= 15 is 0 Å². The highest BCUT2D eigenvalue weighted by Crippen LogP contribution is 2.48. The van der Waals surface area contributed by atoms with E-state index in [1.165, 1.54) is 5.56 Å². The number of benzene rings is 2. The van der Waals surface area contributed by atoms with E-state index in [4.69, 9.17) is 20.2 Å². The molecule has 0 saturated heterocycles. The van der Waals surface area contributed by atoms with E-state index in [1.807, 2.05) is 18.2 Å². The summed E-state index contributed by atoms with van der Waals surface area (Å²) in [5.74, 6) is 0.611. The number of nitrogens with two attached hydrogens (primary N) is 1. The average molecular weight is 492 g/mol. The van der Waals surface area contributed by atoms with Gasteiger partial charge in [-0.15, -0.1) is 0 Å². The standard InChI is InChI=1S/C29H37N3O4/c1-8-12-35-21-14-19-15-27(2,3)31-23(22(19)20-16-28(4,5)36-24(20)21)17-10-9-11-18(13-17)25(33)32-29(6,7)26(30)34/h9-11,13-14H,8,12,15-16H2,1-7H3,(H2,30,34)(H,32,33). The van der Waals surface area contributed by atoms with E-state index in [-0.39, 0.29) is 17.0 Å². The van der Waals surface area contributed by atoms with Crippen LogP contribution in [0.15, 0.2) is 35.3 Å². The molecule has 2 aliphatic rings. The molecule has 2 heterocycles. The number of amides is 2. The Morgan fingerprint density at radius 2 is 1.89 bits per heavy atom. The lowest BCUT2D eigenvalue weighted by Crippen LogP contribution is -2.53. The number of hydrogen-bond acceptors (Lipinski definition) is 5. The number of hydrogen-bond donors (Lipinski definition) is 2. The third-order valence-electron chi connectivity index (χ3n) is 6.58. The minimum Gasteiger partial charge on any atom is -0.490 e. The molecule has 2 aromatic rings. The highest BCUT2D eigenvalue weighted by molar-refractivity contribution is 6.17. The number of carbonyl (C=O) groups excluding carboxylic acids is 2. The molecule has 36 heavy (non-hydrogen) atoms. The number of rotatable bonds is 7. The van der Waals surface area contributed by atoms with Crippen LogP contribution in [0.25, 0.3) is 0 Å². The molecule has 0 unspecified atom stereocenters. The summed E-state index contributed by atoms with van der Waals surface area (Å²) in [6.07, 6.45) is 2.42. The second kappa shape index (κ2) is 8.95. The van der Waals surface area contributed by atoms with Crippen molar-refractivity contribution in [2.75, 3.05) is 6.61 Å². The van der Waals surface area contributed by atoms with Crippen LogP contribution in [0.1, 0.15) is 87.5 Å². The minimum absolute atomic E-state index is 0.334. The fourth-order valence-electron chi connectivity index (χ4n) is 4.82. The van der Waals surface area contributed by atoms with E-state index in [2.05, 4.69) is 46.0 Å². The van der Waals surface area contributed by atoms with E-state index in [9.17, 15) is 9.59 Å². The van der Waals surface area contributed by atoms with Crippen molar-refractivity contribution in [2.45, 2.75) is 84.4 Å². The first-order valence-electron chi connectivity index (χ1n) is 12.6. The number of carbonyl (C=O) groups is 2. The Bertz CT molecular complexity index is 1260. The van der Waals surface area contributed by atoms with E-state index in [1.54, 1.807) is 19.9 Å². The van der Waals surface area contributed by atoms with Crippen molar-refractivity contribution in [3.05, 3.63) is 58.1 Å². The second-order valence-electron chi connectivity index (χ2n) is 11.6. The number of nitrogens with zero attached hydrogens (tertiary/aromatic N) is 1. The van der Waals surface area contributed by atoms with Gasteiger partial charge < -0.3 is 20.5 Å². The van der Waals surface area contributed by atoms with Gasteiger partial charge in [0.05, 0.1) is 17.9 Å². The van der Waals surface area contributed by atoms with Crippen molar-refractivity contribution in [3.63, 3.8) is 0 Å². The Morgan fingerprint density at radius 1 is 1.17 bits per heavy atom. The molecule has 2 aliphatic heterocycles. The molecule has 0 spiro atoms. The van der Waals surface area contributed by atoms with Crippen LogP contribution >= 0.6 is 0 Å². The predicted octanol–water partition coefficient (Wildman–Crippen LogP) is 4.35. The van der Waals surface area contributed by atoms with Crippen LogP contribution in [0.3, 0.4) is 0 Å². The zero-order chi connectivity index (χ0) is 26.5. The van der Waals surface area contributed by atoms with Crippen LogP contribution in [-0.2, 0) is 17.6 Å². The van der Waals surface area contributed by atoms with Gasteiger partial charge in [-0.1, -0.05) is 19.1 Å². The number of nitrogens with one attached hydrogen (secondary N) is 1. The molecule has 0 bridgehead atoms. The fourth-order valence-corrected chi connectivity index (χ4v) is 4.82. The molecular formula is C29H37N3O4. The zero-order valence-electron chi connectivity index (χ0n) is 22.4. The molecule has 4 rings (SSSR count). The van der Waals surface area contributed by atoms with Gasteiger partial charge >= 0.3 is 0 Å². The van der Waals surface area contributed by atoms with Gasteiger partial charge in [0.25, 0.3) is 5.91 Å². The Morgan fingerprint density at radius 3 is 2.56 bits per heavy atom.